The summed E-state index contributed by atoms with van der Waals surface area (Å²) in [5, 5.41) is 3.39. The molecule has 2 saturated carbocycles. The summed E-state index contributed by atoms with van der Waals surface area (Å²) in [6, 6.07) is 4.19. The standard InChI is InChI=1S/C20H31N5O2.HI/c1-2-22-20(23-13-16-5-6-18(27-16)19(21)26)25-9-7-24(8-10-25)17-12-14-3-4-15(17)11-14;/h5-6,14-15,17H,2-4,7-13H2,1H3,(H2,21,26)(H,22,23);1H. The first-order chi connectivity index (χ1) is 13.1. The molecule has 4 rings (SSSR count). The Morgan fingerprint density at radius 2 is 2.04 bits per heavy atom. The van der Waals surface area contributed by atoms with Gasteiger partial charge >= 0.3 is 0 Å². The molecular formula is C20H32IN5O2. The maximum Gasteiger partial charge on any atom is 0.284 e. The van der Waals surface area contributed by atoms with Crippen LogP contribution in [-0.2, 0) is 6.54 Å². The van der Waals surface area contributed by atoms with Crippen molar-refractivity contribution in [2.75, 3.05) is 32.7 Å². The predicted molar refractivity (Wildman–Crippen MR) is 120 cm³/mol. The normalized spacial score (nSPS) is 27.7. The van der Waals surface area contributed by atoms with Gasteiger partial charge in [-0.25, -0.2) is 4.99 Å². The molecule has 0 spiro atoms. The van der Waals surface area contributed by atoms with E-state index in [0.29, 0.717) is 12.3 Å². The molecule has 1 aromatic heterocycles. The summed E-state index contributed by atoms with van der Waals surface area (Å²) in [5.74, 6) is 3.15. The first kappa shape index (κ1) is 21.4. The Labute approximate surface area is 184 Å². The molecule has 3 atom stereocenters. The number of rotatable bonds is 5. The summed E-state index contributed by atoms with van der Waals surface area (Å²) in [5.41, 5.74) is 5.24. The van der Waals surface area contributed by atoms with Gasteiger partial charge in [0, 0.05) is 38.8 Å². The van der Waals surface area contributed by atoms with Crippen LogP contribution in [-0.4, -0.2) is 60.4 Å². The number of hydrogen-bond donors (Lipinski definition) is 2. The van der Waals surface area contributed by atoms with Gasteiger partial charge < -0.3 is 20.4 Å². The Kier molecular flexibility index (Phi) is 7.25. The van der Waals surface area contributed by atoms with Crippen molar-refractivity contribution in [3.05, 3.63) is 23.7 Å². The molecule has 1 amide bonds. The van der Waals surface area contributed by atoms with Crippen molar-refractivity contribution in [3.63, 3.8) is 0 Å². The molecule has 2 bridgehead atoms. The van der Waals surface area contributed by atoms with Gasteiger partial charge in [0.05, 0.1) is 0 Å². The molecule has 3 N–H and O–H groups in total. The van der Waals surface area contributed by atoms with Crippen LogP contribution in [0.5, 0.6) is 0 Å². The number of amides is 1. The fourth-order valence-corrected chi connectivity index (χ4v) is 5.10. The van der Waals surface area contributed by atoms with Crippen molar-refractivity contribution in [2.24, 2.45) is 22.6 Å². The minimum Gasteiger partial charge on any atom is -0.454 e. The van der Waals surface area contributed by atoms with Gasteiger partial charge in [0.25, 0.3) is 5.91 Å². The van der Waals surface area contributed by atoms with Crippen LogP contribution < -0.4 is 11.1 Å². The number of hydrogen-bond acceptors (Lipinski definition) is 4. The maximum absolute atomic E-state index is 11.2. The number of furan rings is 1. The van der Waals surface area contributed by atoms with E-state index in [1.54, 1.807) is 12.1 Å². The summed E-state index contributed by atoms with van der Waals surface area (Å²) in [6.07, 6.45) is 5.78. The van der Waals surface area contributed by atoms with Crippen molar-refractivity contribution >= 4 is 35.8 Å². The van der Waals surface area contributed by atoms with Crippen molar-refractivity contribution in [2.45, 2.75) is 45.2 Å². The van der Waals surface area contributed by atoms with Crippen molar-refractivity contribution in [3.8, 4) is 0 Å². The van der Waals surface area contributed by atoms with E-state index in [1.165, 1.54) is 25.7 Å². The van der Waals surface area contributed by atoms with Gasteiger partial charge in [-0.2, -0.15) is 0 Å². The van der Waals surface area contributed by atoms with E-state index in [4.69, 9.17) is 15.1 Å². The number of nitrogens with one attached hydrogen (secondary N) is 1. The molecule has 0 aromatic carbocycles. The number of nitrogens with zero attached hydrogens (tertiary/aromatic N) is 3. The number of halogens is 1. The molecule has 7 nitrogen and oxygen atoms in total. The van der Waals surface area contributed by atoms with Gasteiger partial charge in [-0.3, -0.25) is 9.69 Å². The summed E-state index contributed by atoms with van der Waals surface area (Å²) < 4.78 is 5.44. The van der Waals surface area contributed by atoms with Crippen LogP contribution >= 0.6 is 24.0 Å². The van der Waals surface area contributed by atoms with Crippen molar-refractivity contribution in [1.29, 1.82) is 0 Å². The molecule has 3 aliphatic rings. The molecule has 3 fully saturated rings. The van der Waals surface area contributed by atoms with Crippen LogP contribution in [0.25, 0.3) is 0 Å². The van der Waals surface area contributed by atoms with Crippen molar-refractivity contribution < 1.29 is 9.21 Å². The van der Waals surface area contributed by atoms with Crippen LogP contribution in [0.1, 0.15) is 48.9 Å². The maximum atomic E-state index is 11.2. The van der Waals surface area contributed by atoms with Crippen LogP contribution in [0, 0.1) is 11.8 Å². The lowest BCUT2D eigenvalue weighted by atomic mass is 9.93. The highest BCUT2D eigenvalue weighted by Crippen LogP contribution is 2.46. The van der Waals surface area contributed by atoms with Gasteiger partial charge in [0.15, 0.2) is 11.7 Å². The Hall–Kier alpha value is -1.29. The highest BCUT2D eigenvalue weighted by atomic mass is 127. The molecule has 1 aromatic rings. The fraction of sp³-hybridized carbons (Fsp3) is 0.700. The second-order valence-corrected chi connectivity index (χ2v) is 8.07. The molecule has 3 unspecified atom stereocenters. The fourth-order valence-electron chi connectivity index (χ4n) is 5.10. The zero-order chi connectivity index (χ0) is 18.8. The minimum absolute atomic E-state index is 0. The Bertz CT molecular complexity index is 699. The third-order valence-electron chi connectivity index (χ3n) is 6.41. The Morgan fingerprint density at radius 1 is 1.25 bits per heavy atom. The SMILES string of the molecule is CCNC(=NCc1ccc(C(N)=O)o1)N1CCN(C2CC3CCC2C3)CC1.I. The van der Waals surface area contributed by atoms with E-state index in [9.17, 15) is 4.79 Å². The molecule has 0 radical (unpaired) electrons. The molecule has 28 heavy (non-hydrogen) atoms. The zero-order valence-electron chi connectivity index (χ0n) is 16.6. The monoisotopic (exact) mass is 501 g/mol. The molecule has 156 valence electrons. The van der Waals surface area contributed by atoms with E-state index in [0.717, 1.165) is 56.6 Å². The molecule has 1 aliphatic heterocycles. The lowest BCUT2D eigenvalue weighted by Gasteiger charge is -2.42. The summed E-state index contributed by atoms with van der Waals surface area (Å²) in [6.45, 7) is 7.56. The predicted octanol–water partition coefficient (Wildman–Crippen LogP) is 2.27. The average molecular weight is 501 g/mol. The highest BCUT2D eigenvalue weighted by molar-refractivity contribution is 14.0. The number of piperazine rings is 1. The summed E-state index contributed by atoms with van der Waals surface area (Å²) in [4.78, 5) is 20.9. The van der Waals surface area contributed by atoms with E-state index >= 15 is 0 Å². The van der Waals surface area contributed by atoms with Crippen LogP contribution in [0.3, 0.4) is 0 Å². The number of guanidine groups is 1. The van der Waals surface area contributed by atoms with Gasteiger partial charge in [0.1, 0.15) is 12.3 Å². The number of carbonyl (C=O) groups is 1. The van der Waals surface area contributed by atoms with E-state index in [1.807, 2.05) is 0 Å². The lowest BCUT2D eigenvalue weighted by Crippen LogP contribution is -2.55. The number of carbonyl (C=O) groups excluding carboxylic acids is 1. The summed E-state index contributed by atoms with van der Waals surface area (Å²) in [7, 11) is 0. The second kappa shape index (κ2) is 9.47. The van der Waals surface area contributed by atoms with Gasteiger partial charge in [0.2, 0.25) is 0 Å². The van der Waals surface area contributed by atoms with E-state index in [-0.39, 0.29) is 29.7 Å². The summed E-state index contributed by atoms with van der Waals surface area (Å²) >= 11 is 0. The third-order valence-corrected chi connectivity index (χ3v) is 6.41. The largest absolute Gasteiger partial charge is 0.454 e. The molecule has 2 aliphatic carbocycles. The quantitative estimate of drug-likeness (QED) is 0.367. The molecule has 8 heteroatoms. The first-order valence-electron chi connectivity index (χ1n) is 10.3. The first-order valence-corrected chi connectivity index (χ1v) is 10.3. The number of nitrogens with two attached hydrogens (primary N) is 1. The third kappa shape index (κ3) is 4.64. The number of fused-ring (bicyclic) bond motifs is 2. The Morgan fingerprint density at radius 3 is 2.61 bits per heavy atom. The van der Waals surface area contributed by atoms with Gasteiger partial charge in [-0.05, 0) is 50.2 Å². The molecular weight excluding hydrogens is 469 g/mol. The second-order valence-electron chi connectivity index (χ2n) is 8.07. The van der Waals surface area contributed by atoms with Gasteiger partial charge in [-0.1, -0.05) is 6.42 Å². The van der Waals surface area contributed by atoms with Crippen LogP contribution in [0.15, 0.2) is 21.5 Å². The zero-order valence-corrected chi connectivity index (χ0v) is 18.9. The van der Waals surface area contributed by atoms with E-state index in [2.05, 4.69) is 22.0 Å². The highest BCUT2D eigenvalue weighted by Gasteiger charge is 2.42. The van der Waals surface area contributed by atoms with Gasteiger partial charge in [-0.15, -0.1) is 24.0 Å². The lowest BCUT2D eigenvalue weighted by molar-refractivity contribution is 0.0957. The number of primary amides is 1. The van der Waals surface area contributed by atoms with Crippen molar-refractivity contribution in [1.82, 2.24) is 15.1 Å². The minimum atomic E-state index is -0.547. The topological polar surface area (TPSA) is 87.1 Å². The Balaban J connectivity index is 0.00000225. The van der Waals surface area contributed by atoms with E-state index < -0.39 is 5.91 Å². The van der Waals surface area contributed by atoms with Crippen LogP contribution in [0.4, 0.5) is 0 Å². The number of aliphatic imine (C=N–C) groups is 1. The average Bonchev–Trinajstić information content (AvgIpc) is 3.42. The molecule has 1 saturated heterocycles. The smallest absolute Gasteiger partial charge is 0.284 e. The van der Waals surface area contributed by atoms with Crippen LogP contribution in [0.2, 0.25) is 0 Å². The molecule has 2 heterocycles.